The molecule has 0 radical (unpaired) electrons. The minimum atomic E-state index is -1.45. The number of hydrogen-bond acceptors (Lipinski definition) is 3. The SMILES string of the molecule is CC1CN=C(Nc2c(F)c(F)cc(F)c2F)SC1. The molecule has 1 atom stereocenters. The Bertz CT molecular complexity index is 478. The van der Waals surface area contributed by atoms with Gasteiger partial charge in [0.1, 0.15) is 5.69 Å². The highest BCUT2D eigenvalue weighted by Crippen LogP contribution is 2.26. The van der Waals surface area contributed by atoms with Gasteiger partial charge in [-0.2, -0.15) is 0 Å². The molecule has 1 aliphatic heterocycles. The van der Waals surface area contributed by atoms with E-state index < -0.39 is 29.0 Å². The van der Waals surface area contributed by atoms with Crippen LogP contribution in [0.25, 0.3) is 0 Å². The zero-order valence-electron chi connectivity index (χ0n) is 9.44. The van der Waals surface area contributed by atoms with Gasteiger partial charge in [0, 0.05) is 18.4 Å². The van der Waals surface area contributed by atoms with Gasteiger partial charge in [0.2, 0.25) is 0 Å². The molecule has 0 amide bonds. The van der Waals surface area contributed by atoms with E-state index in [4.69, 9.17) is 0 Å². The van der Waals surface area contributed by atoms with Crippen LogP contribution in [0.2, 0.25) is 0 Å². The highest BCUT2D eigenvalue weighted by molar-refractivity contribution is 8.14. The van der Waals surface area contributed by atoms with Gasteiger partial charge < -0.3 is 5.32 Å². The van der Waals surface area contributed by atoms with Crippen molar-refractivity contribution in [1.29, 1.82) is 0 Å². The summed E-state index contributed by atoms with van der Waals surface area (Å²) in [7, 11) is 0. The summed E-state index contributed by atoms with van der Waals surface area (Å²) in [5.74, 6) is -4.68. The van der Waals surface area contributed by atoms with Crippen molar-refractivity contribution in [3.05, 3.63) is 29.3 Å². The molecule has 0 aliphatic carbocycles. The van der Waals surface area contributed by atoms with Crippen LogP contribution in [0.15, 0.2) is 11.1 Å². The molecule has 18 heavy (non-hydrogen) atoms. The molecular weight excluding hydrogens is 268 g/mol. The summed E-state index contributed by atoms with van der Waals surface area (Å²) in [6.45, 7) is 2.49. The minimum absolute atomic E-state index is 0.174. The summed E-state index contributed by atoms with van der Waals surface area (Å²) in [4.78, 5) is 4.04. The van der Waals surface area contributed by atoms with E-state index >= 15 is 0 Å². The average molecular weight is 278 g/mol. The largest absolute Gasteiger partial charge is 0.330 e. The van der Waals surface area contributed by atoms with Crippen molar-refractivity contribution in [3.63, 3.8) is 0 Å². The number of thioether (sulfide) groups is 1. The van der Waals surface area contributed by atoms with Crippen molar-refractivity contribution >= 4 is 22.6 Å². The summed E-state index contributed by atoms with van der Waals surface area (Å²) < 4.78 is 52.7. The Morgan fingerprint density at radius 3 is 2.33 bits per heavy atom. The monoisotopic (exact) mass is 278 g/mol. The molecule has 1 N–H and O–H groups in total. The maximum absolute atomic E-state index is 13.4. The molecule has 0 fully saturated rings. The number of amidine groups is 1. The first-order valence-electron chi connectivity index (χ1n) is 5.26. The molecule has 0 saturated carbocycles. The zero-order chi connectivity index (χ0) is 13.3. The molecule has 1 heterocycles. The number of rotatable bonds is 1. The molecule has 7 heteroatoms. The molecule has 0 aromatic heterocycles. The second-order valence-corrected chi connectivity index (χ2v) is 5.04. The summed E-state index contributed by atoms with van der Waals surface area (Å²) in [6.07, 6.45) is 0. The van der Waals surface area contributed by atoms with Gasteiger partial charge in [-0.05, 0) is 5.92 Å². The predicted octanol–water partition coefficient (Wildman–Crippen LogP) is 3.39. The van der Waals surface area contributed by atoms with Gasteiger partial charge in [0.05, 0.1) is 0 Å². The van der Waals surface area contributed by atoms with Gasteiger partial charge in [-0.15, -0.1) is 0 Å². The molecule has 1 unspecified atom stereocenters. The fourth-order valence-corrected chi connectivity index (χ4v) is 2.31. The van der Waals surface area contributed by atoms with Gasteiger partial charge >= 0.3 is 0 Å². The Balaban J connectivity index is 2.29. The molecule has 1 aliphatic rings. The highest BCUT2D eigenvalue weighted by Gasteiger charge is 2.21. The third-order valence-corrected chi connectivity index (χ3v) is 3.64. The Hall–Kier alpha value is -1.24. The number of halogens is 4. The van der Waals surface area contributed by atoms with Crippen LogP contribution in [0.1, 0.15) is 6.92 Å². The van der Waals surface area contributed by atoms with E-state index in [2.05, 4.69) is 10.3 Å². The van der Waals surface area contributed by atoms with E-state index in [1.807, 2.05) is 6.92 Å². The van der Waals surface area contributed by atoms with E-state index in [1.165, 1.54) is 11.8 Å². The Kier molecular flexibility index (Phi) is 3.79. The maximum Gasteiger partial charge on any atom is 0.185 e. The van der Waals surface area contributed by atoms with Crippen LogP contribution >= 0.6 is 11.8 Å². The second kappa shape index (κ2) is 5.17. The predicted molar refractivity (Wildman–Crippen MR) is 63.8 cm³/mol. The van der Waals surface area contributed by atoms with Crippen LogP contribution < -0.4 is 5.32 Å². The first-order chi connectivity index (χ1) is 8.49. The van der Waals surface area contributed by atoms with E-state index in [1.54, 1.807) is 0 Å². The summed E-state index contributed by atoms with van der Waals surface area (Å²) >= 11 is 1.26. The molecule has 1 aromatic rings. The van der Waals surface area contributed by atoms with Crippen LogP contribution in [-0.4, -0.2) is 17.5 Å². The van der Waals surface area contributed by atoms with Gasteiger partial charge in [0.15, 0.2) is 28.4 Å². The quantitative estimate of drug-likeness (QED) is 0.629. The van der Waals surface area contributed by atoms with Crippen molar-refractivity contribution in [2.24, 2.45) is 10.9 Å². The topological polar surface area (TPSA) is 24.4 Å². The van der Waals surface area contributed by atoms with E-state index in [0.717, 1.165) is 5.75 Å². The van der Waals surface area contributed by atoms with Crippen molar-refractivity contribution in [2.75, 3.05) is 17.6 Å². The minimum Gasteiger partial charge on any atom is -0.330 e. The average Bonchev–Trinajstić information content (AvgIpc) is 2.34. The molecule has 0 bridgehead atoms. The molecule has 0 spiro atoms. The van der Waals surface area contributed by atoms with E-state index in [0.29, 0.717) is 12.5 Å². The summed E-state index contributed by atoms with van der Waals surface area (Å²) in [5.41, 5.74) is -0.840. The van der Waals surface area contributed by atoms with E-state index in [9.17, 15) is 17.6 Å². The van der Waals surface area contributed by atoms with E-state index in [-0.39, 0.29) is 11.2 Å². The fraction of sp³-hybridized carbons (Fsp3) is 0.364. The molecule has 1 aromatic carbocycles. The first-order valence-corrected chi connectivity index (χ1v) is 6.25. The lowest BCUT2D eigenvalue weighted by molar-refractivity contribution is 0.459. The number of nitrogens with zero attached hydrogens (tertiary/aromatic N) is 1. The maximum atomic E-state index is 13.4. The van der Waals surface area contributed by atoms with Crippen LogP contribution in [0, 0.1) is 29.2 Å². The molecule has 2 nitrogen and oxygen atoms in total. The smallest absolute Gasteiger partial charge is 0.185 e. The normalized spacial score (nSPS) is 19.6. The number of nitrogens with one attached hydrogen (secondary N) is 1. The lowest BCUT2D eigenvalue weighted by atomic mass is 10.2. The molecule has 0 saturated heterocycles. The number of aliphatic imine (C=N–C) groups is 1. The van der Waals surface area contributed by atoms with Crippen LogP contribution in [0.5, 0.6) is 0 Å². The third kappa shape index (κ3) is 2.60. The Morgan fingerprint density at radius 1 is 1.22 bits per heavy atom. The van der Waals surface area contributed by atoms with Crippen molar-refractivity contribution in [3.8, 4) is 0 Å². The Labute approximate surface area is 105 Å². The van der Waals surface area contributed by atoms with Crippen molar-refractivity contribution < 1.29 is 17.6 Å². The number of anilines is 1. The number of hydrogen-bond donors (Lipinski definition) is 1. The highest BCUT2D eigenvalue weighted by atomic mass is 32.2. The standard InChI is InChI=1S/C11H10F4N2S/c1-5-3-16-11(18-4-5)17-10-8(14)6(12)2-7(13)9(10)15/h2,5H,3-4H2,1H3,(H,16,17). The van der Waals surface area contributed by atoms with Crippen LogP contribution in [-0.2, 0) is 0 Å². The first kappa shape index (κ1) is 13.2. The van der Waals surface area contributed by atoms with Crippen molar-refractivity contribution in [1.82, 2.24) is 0 Å². The molecule has 98 valence electrons. The Morgan fingerprint density at radius 2 is 1.83 bits per heavy atom. The van der Waals surface area contributed by atoms with Gasteiger partial charge in [-0.1, -0.05) is 18.7 Å². The fourth-order valence-electron chi connectivity index (χ4n) is 1.42. The summed E-state index contributed by atoms with van der Waals surface area (Å²) in [6, 6.07) is 0.174. The van der Waals surface area contributed by atoms with Crippen LogP contribution in [0.4, 0.5) is 23.2 Å². The third-order valence-electron chi connectivity index (χ3n) is 2.39. The zero-order valence-corrected chi connectivity index (χ0v) is 10.3. The van der Waals surface area contributed by atoms with Crippen LogP contribution in [0.3, 0.4) is 0 Å². The molecule has 2 rings (SSSR count). The van der Waals surface area contributed by atoms with Gasteiger partial charge in [-0.25, -0.2) is 17.6 Å². The lowest BCUT2D eigenvalue weighted by Crippen LogP contribution is -2.20. The molecular formula is C11H10F4N2S. The van der Waals surface area contributed by atoms with Gasteiger partial charge in [-0.3, -0.25) is 4.99 Å². The summed E-state index contributed by atoms with van der Waals surface area (Å²) in [5, 5.41) is 2.56. The van der Waals surface area contributed by atoms with Gasteiger partial charge in [0.25, 0.3) is 0 Å². The second-order valence-electron chi connectivity index (χ2n) is 4.03. The lowest BCUT2D eigenvalue weighted by Gasteiger charge is -2.18. The van der Waals surface area contributed by atoms with Crippen molar-refractivity contribution in [2.45, 2.75) is 6.92 Å². The number of benzene rings is 1.